The van der Waals surface area contributed by atoms with Crippen molar-refractivity contribution in [1.29, 1.82) is 0 Å². The van der Waals surface area contributed by atoms with Gasteiger partial charge in [-0.05, 0) is 30.5 Å². The molecule has 1 aromatic heterocycles. The summed E-state index contributed by atoms with van der Waals surface area (Å²) in [4.78, 5) is 20.9. The van der Waals surface area contributed by atoms with Gasteiger partial charge < -0.3 is 9.80 Å². The predicted octanol–water partition coefficient (Wildman–Crippen LogP) is 1.46. The minimum atomic E-state index is -0.280. The van der Waals surface area contributed by atoms with E-state index in [4.69, 9.17) is 0 Å². The van der Waals surface area contributed by atoms with E-state index < -0.39 is 0 Å². The molecule has 0 unspecified atom stereocenters. The van der Waals surface area contributed by atoms with Crippen molar-refractivity contribution < 1.29 is 4.79 Å². The van der Waals surface area contributed by atoms with Crippen LogP contribution in [0, 0.1) is 0 Å². The molecule has 1 saturated carbocycles. The van der Waals surface area contributed by atoms with Crippen LogP contribution in [0.2, 0.25) is 0 Å². The first-order chi connectivity index (χ1) is 11.1. The molecule has 6 heteroatoms. The lowest BCUT2D eigenvalue weighted by atomic mass is 9.92. The molecule has 2 heterocycles. The van der Waals surface area contributed by atoms with Gasteiger partial charge in [-0.2, -0.15) is 5.10 Å². The molecule has 0 spiro atoms. The SMILES string of the molecule is CN(C)c1ccc(C2(C(=O)N3CC(n4cncn4)C3)CC2)cc1. The van der Waals surface area contributed by atoms with E-state index in [-0.39, 0.29) is 17.4 Å². The van der Waals surface area contributed by atoms with Gasteiger partial charge in [0, 0.05) is 32.9 Å². The predicted molar refractivity (Wildman–Crippen MR) is 87.3 cm³/mol. The maximum Gasteiger partial charge on any atom is 0.233 e. The minimum absolute atomic E-state index is 0.270. The van der Waals surface area contributed by atoms with Crippen LogP contribution in [0.1, 0.15) is 24.4 Å². The molecular formula is C17H21N5O. The summed E-state index contributed by atoms with van der Waals surface area (Å²) in [5.74, 6) is 0.270. The van der Waals surface area contributed by atoms with Crippen molar-refractivity contribution in [3.63, 3.8) is 0 Å². The third-order valence-corrected chi connectivity index (χ3v) is 5.06. The number of likely N-dealkylation sites (tertiary alicyclic amines) is 1. The normalized spacial score (nSPS) is 19.3. The Morgan fingerprint density at radius 3 is 2.43 bits per heavy atom. The second-order valence-electron chi connectivity index (χ2n) is 6.76. The molecule has 23 heavy (non-hydrogen) atoms. The summed E-state index contributed by atoms with van der Waals surface area (Å²) in [6.45, 7) is 1.47. The van der Waals surface area contributed by atoms with Crippen LogP contribution in [0.5, 0.6) is 0 Å². The van der Waals surface area contributed by atoms with Crippen molar-refractivity contribution in [2.45, 2.75) is 24.3 Å². The average molecular weight is 311 g/mol. The molecule has 0 N–H and O–H groups in total. The Kier molecular flexibility index (Phi) is 3.14. The Labute approximate surface area is 135 Å². The van der Waals surface area contributed by atoms with Crippen molar-refractivity contribution in [2.24, 2.45) is 0 Å². The quantitative estimate of drug-likeness (QED) is 0.858. The van der Waals surface area contributed by atoms with Crippen molar-refractivity contribution in [2.75, 3.05) is 32.1 Å². The Morgan fingerprint density at radius 2 is 1.91 bits per heavy atom. The molecule has 0 bridgehead atoms. The lowest BCUT2D eigenvalue weighted by Gasteiger charge is -2.41. The van der Waals surface area contributed by atoms with E-state index in [1.54, 1.807) is 12.7 Å². The van der Waals surface area contributed by atoms with Gasteiger partial charge in [0.05, 0.1) is 11.5 Å². The van der Waals surface area contributed by atoms with Gasteiger partial charge in [0.15, 0.2) is 0 Å². The van der Waals surface area contributed by atoms with Crippen LogP contribution in [0.3, 0.4) is 0 Å². The number of nitrogens with zero attached hydrogens (tertiary/aromatic N) is 5. The molecule has 1 aliphatic carbocycles. The van der Waals surface area contributed by atoms with Gasteiger partial charge in [-0.1, -0.05) is 12.1 Å². The number of carbonyl (C=O) groups excluding carboxylic acids is 1. The van der Waals surface area contributed by atoms with Crippen molar-refractivity contribution in [3.8, 4) is 0 Å². The summed E-state index contributed by atoms with van der Waals surface area (Å²) in [5, 5.41) is 4.16. The zero-order valence-electron chi connectivity index (χ0n) is 13.5. The molecule has 1 aromatic carbocycles. The number of benzene rings is 1. The Bertz CT molecular complexity index is 697. The third kappa shape index (κ3) is 2.29. The third-order valence-electron chi connectivity index (χ3n) is 5.06. The molecule has 0 atom stereocenters. The molecule has 4 rings (SSSR count). The lowest BCUT2D eigenvalue weighted by Crippen LogP contribution is -2.54. The molecule has 0 radical (unpaired) electrons. The highest BCUT2D eigenvalue weighted by molar-refractivity contribution is 5.92. The van der Waals surface area contributed by atoms with E-state index in [0.29, 0.717) is 0 Å². The number of rotatable bonds is 4. The Morgan fingerprint density at radius 1 is 1.22 bits per heavy atom. The van der Waals surface area contributed by atoms with E-state index in [0.717, 1.165) is 37.2 Å². The van der Waals surface area contributed by atoms with Crippen LogP contribution in [0.15, 0.2) is 36.9 Å². The van der Waals surface area contributed by atoms with Crippen LogP contribution in [-0.4, -0.2) is 52.8 Å². The van der Waals surface area contributed by atoms with Crippen molar-refractivity contribution >= 4 is 11.6 Å². The van der Waals surface area contributed by atoms with Gasteiger partial charge >= 0.3 is 0 Å². The van der Waals surface area contributed by atoms with E-state index in [2.05, 4.69) is 39.2 Å². The molecule has 1 amide bonds. The number of carbonyl (C=O) groups is 1. The topological polar surface area (TPSA) is 54.3 Å². The second-order valence-corrected chi connectivity index (χ2v) is 6.76. The van der Waals surface area contributed by atoms with Crippen LogP contribution >= 0.6 is 0 Å². The first kappa shape index (κ1) is 14.2. The van der Waals surface area contributed by atoms with E-state index in [1.807, 2.05) is 23.7 Å². The lowest BCUT2D eigenvalue weighted by molar-refractivity contribution is -0.140. The number of hydrogen-bond donors (Lipinski definition) is 0. The van der Waals surface area contributed by atoms with Crippen LogP contribution in [0.25, 0.3) is 0 Å². The molecular weight excluding hydrogens is 290 g/mol. The van der Waals surface area contributed by atoms with Gasteiger partial charge in [-0.25, -0.2) is 9.67 Å². The smallest absolute Gasteiger partial charge is 0.233 e. The molecule has 2 aliphatic rings. The monoisotopic (exact) mass is 311 g/mol. The van der Waals surface area contributed by atoms with Gasteiger partial charge in [0.2, 0.25) is 5.91 Å². The summed E-state index contributed by atoms with van der Waals surface area (Å²) < 4.78 is 1.84. The zero-order valence-corrected chi connectivity index (χ0v) is 13.5. The van der Waals surface area contributed by atoms with Crippen LogP contribution < -0.4 is 4.90 Å². The minimum Gasteiger partial charge on any atom is -0.378 e. The number of amides is 1. The van der Waals surface area contributed by atoms with Gasteiger partial charge in [-0.15, -0.1) is 0 Å². The van der Waals surface area contributed by atoms with E-state index in [9.17, 15) is 4.79 Å². The highest BCUT2D eigenvalue weighted by atomic mass is 16.2. The maximum absolute atomic E-state index is 12.9. The first-order valence-electron chi connectivity index (χ1n) is 8.01. The molecule has 1 aliphatic heterocycles. The fourth-order valence-corrected chi connectivity index (χ4v) is 3.33. The van der Waals surface area contributed by atoms with E-state index >= 15 is 0 Å². The second kappa shape index (κ2) is 5.08. The molecule has 2 fully saturated rings. The maximum atomic E-state index is 12.9. The summed E-state index contributed by atoms with van der Waals surface area (Å²) in [6.07, 6.45) is 5.17. The summed E-state index contributed by atoms with van der Waals surface area (Å²) in [6, 6.07) is 8.67. The van der Waals surface area contributed by atoms with Crippen molar-refractivity contribution in [1.82, 2.24) is 19.7 Å². The number of hydrogen-bond acceptors (Lipinski definition) is 4. The summed E-state index contributed by atoms with van der Waals surface area (Å²) in [5.41, 5.74) is 2.03. The first-order valence-corrected chi connectivity index (χ1v) is 8.01. The zero-order chi connectivity index (χ0) is 16.0. The summed E-state index contributed by atoms with van der Waals surface area (Å²) >= 11 is 0. The average Bonchev–Trinajstić information content (AvgIpc) is 3.16. The van der Waals surface area contributed by atoms with Gasteiger partial charge in [-0.3, -0.25) is 4.79 Å². The fraction of sp³-hybridized carbons (Fsp3) is 0.471. The molecule has 1 saturated heterocycles. The van der Waals surface area contributed by atoms with Crippen molar-refractivity contribution in [3.05, 3.63) is 42.5 Å². The van der Waals surface area contributed by atoms with Crippen LogP contribution in [-0.2, 0) is 10.2 Å². The molecule has 2 aromatic rings. The summed E-state index contributed by atoms with van der Waals surface area (Å²) in [7, 11) is 4.05. The Balaban J connectivity index is 1.46. The molecule has 120 valence electrons. The molecule has 6 nitrogen and oxygen atoms in total. The van der Waals surface area contributed by atoms with E-state index in [1.165, 1.54) is 0 Å². The van der Waals surface area contributed by atoms with Crippen LogP contribution in [0.4, 0.5) is 5.69 Å². The Hall–Kier alpha value is -2.37. The van der Waals surface area contributed by atoms with Gasteiger partial charge in [0.25, 0.3) is 0 Å². The highest BCUT2D eigenvalue weighted by Gasteiger charge is 2.54. The largest absolute Gasteiger partial charge is 0.378 e. The standard InChI is InChI=1S/C17H21N5O/c1-20(2)14-5-3-13(4-6-14)17(7-8-17)16(23)21-9-15(10-21)22-12-18-11-19-22/h3-6,11-12,15H,7-10H2,1-2H3. The highest BCUT2D eigenvalue weighted by Crippen LogP contribution is 2.50. The number of aromatic nitrogens is 3. The fourth-order valence-electron chi connectivity index (χ4n) is 3.33. The number of anilines is 1. The van der Waals surface area contributed by atoms with Gasteiger partial charge in [0.1, 0.15) is 12.7 Å².